The fourth-order valence-corrected chi connectivity index (χ4v) is 3.98. The van der Waals surface area contributed by atoms with Crippen LogP contribution in [-0.2, 0) is 6.54 Å². The number of nitrogens with zero attached hydrogens (tertiary/aromatic N) is 2. The third kappa shape index (κ3) is 2.92. The highest BCUT2D eigenvalue weighted by Crippen LogP contribution is 2.42. The molecule has 1 aliphatic heterocycles. The Morgan fingerprint density at radius 3 is 2.75 bits per heavy atom. The summed E-state index contributed by atoms with van der Waals surface area (Å²) in [5.41, 5.74) is 7.86. The van der Waals surface area contributed by atoms with Gasteiger partial charge in [0.2, 0.25) is 5.88 Å². The lowest BCUT2D eigenvalue weighted by Crippen LogP contribution is -2.33. The summed E-state index contributed by atoms with van der Waals surface area (Å²) in [6.07, 6.45) is 1.57. The lowest BCUT2D eigenvalue weighted by atomic mass is 9.84. The quantitative estimate of drug-likeness (QED) is 0.672. The SMILES string of the molecule is Cc1cc2c(c(=O)n1Cc1ccco1)[C@@H](c1ccccc1Br)C(C#N)=C(N)O2. The standard InChI is InChI=1S/C21H16BrN3O3/c1-12-9-17-19(21(26)25(12)11-13-5-4-8-27-13)18(15(10-23)20(24)28-17)14-6-2-3-7-16(14)22/h2-9,18H,11,24H2,1H3/t18-/m0/s1. The molecule has 0 fully saturated rings. The smallest absolute Gasteiger partial charge is 0.259 e. The Morgan fingerprint density at radius 2 is 2.07 bits per heavy atom. The van der Waals surface area contributed by atoms with Gasteiger partial charge in [-0.25, -0.2) is 0 Å². The van der Waals surface area contributed by atoms with E-state index < -0.39 is 5.92 Å². The first-order valence-electron chi connectivity index (χ1n) is 8.60. The third-order valence-corrected chi connectivity index (χ3v) is 5.52. The van der Waals surface area contributed by atoms with Crippen molar-refractivity contribution < 1.29 is 9.15 Å². The lowest BCUT2D eigenvalue weighted by molar-refractivity contribution is 0.387. The van der Waals surface area contributed by atoms with E-state index in [0.717, 1.165) is 10.0 Å². The topological polar surface area (TPSA) is 94.2 Å². The first-order valence-corrected chi connectivity index (χ1v) is 9.39. The normalized spacial score (nSPS) is 15.7. The Balaban J connectivity index is 1.97. The lowest BCUT2D eigenvalue weighted by Gasteiger charge is -2.27. The molecule has 1 aliphatic rings. The van der Waals surface area contributed by atoms with Crippen molar-refractivity contribution in [1.29, 1.82) is 5.26 Å². The second-order valence-corrected chi connectivity index (χ2v) is 7.33. The van der Waals surface area contributed by atoms with Crippen molar-refractivity contribution in [3.05, 3.63) is 97.6 Å². The molecule has 2 N–H and O–H groups in total. The van der Waals surface area contributed by atoms with E-state index in [9.17, 15) is 10.1 Å². The summed E-state index contributed by atoms with van der Waals surface area (Å²) < 4.78 is 13.5. The summed E-state index contributed by atoms with van der Waals surface area (Å²) in [4.78, 5) is 13.5. The van der Waals surface area contributed by atoms with Crippen LogP contribution in [0.4, 0.5) is 0 Å². The number of nitrogens with two attached hydrogens (primary N) is 1. The van der Waals surface area contributed by atoms with Gasteiger partial charge in [0.05, 0.1) is 24.3 Å². The first-order chi connectivity index (χ1) is 13.5. The van der Waals surface area contributed by atoms with Crippen molar-refractivity contribution in [1.82, 2.24) is 4.57 Å². The molecular formula is C21H16BrN3O3. The Bertz CT molecular complexity index is 1190. The first kappa shape index (κ1) is 18.1. The van der Waals surface area contributed by atoms with Crippen LogP contribution < -0.4 is 16.0 Å². The molecular weight excluding hydrogens is 422 g/mol. The van der Waals surface area contributed by atoms with E-state index in [1.165, 1.54) is 0 Å². The average Bonchev–Trinajstić information content (AvgIpc) is 3.18. The van der Waals surface area contributed by atoms with Crippen molar-refractivity contribution >= 4 is 15.9 Å². The molecule has 3 aromatic rings. The summed E-state index contributed by atoms with van der Waals surface area (Å²) in [5, 5.41) is 9.72. The molecule has 28 heavy (non-hydrogen) atoms. The van der Waals surface area contributed by atoms with Gasteiger partial charge in [-0.05, 0) is 30.7 Å². The number of allylic oxidation sites excluding steroid dienone is 1. The van der Waals surface area contributed by atoms with E-state index in [0.29, 0.717) is 22.8 Å². The van der Waals surface area contributed by atoms with Gasteiger partial charge in [-0.2, -0.15) is 5.26 Å². The average molecular weight is 438 g/mol. The minimum Gasteiger partial charge on any atom is -0.467 e. The van der Waals surface area contributed by atoms with Gasteiger partial charge in [-0.15, -0.1) is 0 Å². The summed E-state index contributed by atoms with van der Waals surface area (Å²) in [6, 6.07) is 14.9. The van der Waals surface area contributed by atoms with Crippen molar-refractivity contribution in [2.24, 2.45) is 5.73 Å². The zero-order chi connectivity index (χ0) is 19.8. The third-order valence-electron chi connectivity index (χ3n) is 4.80. The molecule has 0 saturated heterocycles. The van der Waals surface area contributed by atoms with Crippen molar-refractivity contribution in [3.63, 3.8) is 0 Å². The van der Waals surface area contributed by atoms with Crippen LogP contribution in [0.1, 0.15) is 28.5 Å². The van der Waals surface area contributed by atoms with Crippen LogP contribution in [0.15, 0.2) is 73.9 Å². The number of aryl methyl sites for hydroxylation is 1. The van der Waals surface area contributed by atoms with Gasteiger partial charge in [-0.3, -0.25) is 4.79 Å². The summed E-state index contributed by atoms with van der Waals surface area (Å²) in [6.45, 7) is 2.11. The van der Waals surface area contributed by atoms with Gasteiger partial charge in [0.1, 0.15) is 23.2 Å². The number of nitriles is 1. The zero-order valence-corrected chi connectivity index (χ0v) is 16.6. The predicted octanol–water partition coefficient (Wildman–Crippen LogP) is 3.78. The second kappa shape index (κ2) is 7.06. The molecule has 3 heterocycles. The van der Waals surface area contributed by atoms with Gasteiger partial charge < -0.3 is 19.5 Å². The van der Waals surface area contributed by atoms with Crippen LogP contribution in [0.3, 0.4) is 0 Å². The van der Waals surface area contributed by atoms with Crippen molar-refractivity contribution in [2.45, 2.75) is 19.4 Å². The molecule has 1 aromatic carbocycles. The molecule has 6 nitrogen and oxygen atoms in total. The number of rotatable bonds is 3. The number of fused-ring (bicyclic) bond motifs is 1. The molecule has 7 heteroatoms. The summed E-state index contributed by atoms with van der Waals surface area (Å²) in [7, 11) is 0. The fourth-order valence-electron chi connectivity index (χ4n) is 3.46. The van der Waals surface area contributed by atoms with E-state index in [4.69, 9.17) is 14.9 Å². The van der Waals surface area contributed by atoms with Gasteiger partial charge >= 0.3 is 0 Å². The maximum atomic E-state index is 13.5. The Labute approximate surface area is 169 Å². The van der Waals surface area contributed by atoms with E-state index in [-0.39, 0.29) is 23.6 Å². The Morgan fingerprint density at radius 1 is 1.29 bits per heavy atom. The molecule has 4 rings (SSSR count). The van der Waals surface area contributed by atoms with Crippen LogP contribution in [0.5, 0.6) is 5.75 Å². The molecule has 0 saturated carbocycles. The molecule has 0 aliphatic carbocycles. The predicted molar refractivity (Wildman–Crippen MR) is 107 cm³/mol. The van der Waals surface area contributed by atoms with E-state index in [1.807, 2.05) is 37.3 Å². The molecule has 0 bridgehead atoms. The molecule has 0 amide bonds. The van der Waals surface area contributed by atoms with E-state index in [2.05, 4.69) is 22.0 Å². The Kier molecular flexibility index (Phi) is 4.57. The van der Waals surface area contributed by atoms with E-state index in [1.54, 1.807) is 23.0 Å². The van der Waals surface area contributed by atoms with E-state index >= 15 is 0 Å². The van der Waals surface area contributed by atoms with Crippen LogP contribution in [0.2, 0.25) is 0 Å². The molecule has 140 valence electrons. The second-order valence-electron chi connectivity index (χ2n) is 6.48. The minimum absolute atomic E-state index is 0.0123. The number of halogens is 1. The number of hydrogen-bond acceptors (Lipinski definition) is 5. The number of furan rings is 1. The molecule has 2 aromatic heterocycles. The molecule has 0 spiro atoms. The summed E-state index contributed by atoms with van der Waals surface area (Å²) >= 11 is 3.53. The van der Waals surface area contributed by atoms with Gasteiger partial charge in [0.25, 0.3) is 5.56 Å². The maximum Gasteiger partial charge on any atom is 0.259 e. The summed E-state index contributed by atoms with van der Waals surface area (Å²) in [5.74, 6) is 0.420. The molecule has 0 radical (unpaired) electrons. The highest BCUT2D eigenvalue weighted by atomic mass is 79.9. The van der Waals surface area contributed by atoms with Gasteiger partial charge in [-0.1, -0.05) is 34.1 Å². The zero-order valence-electron chi connectivity index (χ0n) is 15.0. The van der Waals surface area contributed by atoms with Gasteiger partial charge in [0, 0.05) is 16.2 Å². The van der Waals surface area contributed by atoms with Crippen LogP contribution in [0, 0.1) is 18.3 Å². The number of benzene rings is 1. The van der Waals surface area contributed by atoms with Gasteiger partial charge in [0.15, 0.2) is 0 Å². The fraction of sp³-hybridized carbons (Fsp3) is 0.143. The molecule has 0 unspecified atom stereocenters. The Hall–Kier alpha value is -3.24. The number of ether oxygens (including phenoxy) is 1. The van der Waals surface area contributed by atoms with Crippen LogP contribution in [-0.4, -0.2) is 4.57 Å². The monoisotopic (exact) mass is 437 g/mol. The largest absolute Gasteiger partial charge is 0.467 e. The minimum atomic E-state index is -0.625. The van der Waals surface area contributed by atoms with Crippen molar-refractivity contribution in [3.8, 4) is 11.8 Å². The highest BCUT2D eigenvalue weighted by molar-refractivity contribution is 9.10. The maximum absolute atomic E-state index is 13.5. The highest BCUT2D eigenvalue weighted by Gasteiger charge is 2.35. The van der Waals surface area contributed by atoms with Crippen LogP contribution in [0.25, 0.3) is 0 Å². The number of aromatic nitrogens is 1. The number of hydrogen-bond donors (Lipinski definition) is 1. The van der Waals surface area contributed by atoms with Crippen LogP contribution >= 0.6 is 15.9 Å². The van der Waals surface area contributed by atoms with Crippen molar-refractivity contribution in [2.75, 3.05) is 0 Å². The molecule has 1 atom stereocenters. The number of pyridine rings is 1.